The van der Waals surface area contributed by atoms with Gasteiger partial charge in [-0.2, -0.15) is 0 Å². The van der Waals surface area contributed by atoms with Crippen molar-refractivity contribution in [1.29, 1.82) is 0 Å². The molecule has 1 aliphatic heterocycles. The molecule has 2 heteroatoms. The van der Waals surface area contributed by atoms with Gasteiger partial charge in [0.05, 0.1) is 0 Å². The summed E-state index contributed by atoms with van der Waals surface area (Å²) < 4.78 is 13.0. The molecule has 0 bridgehead atoms. The van der Waals surface area contributed by atoms with Crippen LogP contribution in [0.15, 0.2) is 162 Å². The highest BCUT2D eigenvalue weighted by atomic mass is 16.5. The number of furan rings is 1. The van der Waals surface area contributed by atoms with Gasteiger partial charge >= 0.3 is 0 Å². The zero-order valence-corrected chi connectivity index (χ0v) is 23.8. The summed E-state index contributed by atoms with van der Waals surface area (Å²) in [6, 6.07) is 55.4. The SMILES string of the molecule is c1ccc(-c2ccc(-c3cccc4ccccc34)c(-c3ccc(-c4cc5c6c(cccc6c4)Oc4ccccc4-5)o3)c2)cc1. The predicted molar refractivity (Wildman–Crippen MR) is 181 cm³/mol. The van der Waals surface area contributed by atoms with Gasteiger partial charge in [0, 0.05) is 22.1 Å². The van der Waals surface area contributed by atoms with E-state index in [2.05, 4.69) is 140 Å². The van der Waals surface area contributed by atoms with Gasteiger partial charge < -0.3 is 9.15 Å². The molecule has 206 valence electrons. The Balaban J connectivity index is 1.23. The van der Waals surface area contributed by atoms with E-state index in [4.69, 9.17) is 9.15 Å². The second kappa shape index (κ2) is 9.86. The molecule has 0 amide bonds. The van der Waals surface area contributed by atoms with Crippen LogP contribution in [0, 0.1) is 0 Å². The molecule has 0 radical (unpaired) electrons. The Labute approximate surface area is 255 Å². The maximum absolute atomic E-state index is 6.77. The molecule has 0 spiro atoms. The Morgan fingerprint density at radius 2 is 1.05 bits per heavy atom. The Hall–Kier alpha value is -5.86. The predicted octanol–water partition coefficient (Wildman–Crippen LogP) is 12.0. The molecule has 44 heavy (non-hydrogen) atoms. The fourth-order valence-corrected chi connectivity index (χ4v) is 6.62. The van der Waals surface area contributed by atoms with Crippen LogP contribution in [0.1, 0.15) is 0 Å². The molecule has 0 N–H and O–H groups in total. The van der Waals surface area contributed by atoms with Crippen LogP contribution in [-0.4, -0.2) is 0 Å². The van der Waals surface area contributed by atoms with Crippen molar-refractivity contribution < 1.29 is 9.15 Å². The molecule has 2 nitrogen and oxygen atoms in total. The van der Waals surface area contributed by atoms with Crippen molar-refractivity contribution in [3.05, 3.63) is 158 Å². The van der Waals surface area contributed by atoms with Gasteiger partial charge in [-0.3, -0.25) is 0 Å². The van der Waals surface area contributed by atoms with E-state index in [-0.39, 0.29) is 0 Å². The number of benzene rings is 7. The van der Waals surface area contributed by atoms with Crippen LogP contribution < -0.4 is 4.74 Å². The van der Waals surface area contributed by atoms with E-state index in [1.165, 1.54) is 21.9 Å². The average molecular weight is 563 g/mol. The lowest BCUT2D eigenvalue weighted by atomic mass is 9.91. The third kappa shape index (κ3) is 3.96. The van der Waals surface area contributed by atoms with Gasteiger partial charge in [0.2, 0.25) is 0 Å². The van der Waals surface area contributed by atoms with Crippen molar-refractivity contribution in [2.75, 3.05) is 0 Å². The first-order valence-electron chi connectivity index (χ1n) is 14.9. The second-order valence-corrected chi connectivity index (χ2v) is 11.3. The van der Waals surface area contributed by atoms with Gasteiger partial charge in [0.15, 0.2) is 0 Å². The van der Waals surface area contributed by atoms with Crippen LogP contribution in [0.5, 0.6) is 11.5 Å². The summed E-state index contributed by atoms with van der Waals surface area (Å²) in [5.41, 5.74) is 9.03. The maximum Gasteiger partial charge on any atom is 0.135 e. The molecule has 1 aliphatic rings. The lowest BCUT2D eigenvalue weighted by Crippen LogP contribution is -1.97. The minimum atomic E-state index is 0.835. The van der Waals surface area contributed by atoms with E-state index in [0.717, 1.165) is 67.2 Å². The molecular weight excluding hydrogens is 536 g/mol. The molecule has 0 fully saturated rings. The van der Waals surface area contributed by atoms with Gasteiger partial charge in [0.1, 0.15) is 23.0 Å². The van der Waals surface area contributed by atoms with Crippen molar-refractivity contribution in [2.45, 2.75) is 0 Å². The van der Waals surface area contributed by atoms with E-state index in [1.54, 1.807) is 0 Å². The molecule has 0 saturated carbocycles. The highest BCUT2D eigenvalue weighted by Crippen LogP contribution is 2.48. The lowest BCUT2D eigenvalue weighted by molar-refractivity contribution is 0.487. The van der Waals surface area contributed by atoms with Crippen molar-refractivity contribution in [3.63, 3.8) is 0 Å². The first kappa shape index (κ1) is 24.7. The quantitative estimate of drug-likeness (QED) is 0.213. The molecule has 0 atom stereocenters. The Bertz CT molecular complexity index is 2360. The number of ether oxygens (including phenoxy) is 1. The second-order valence-electron chi connectivity index (χ2n) is 11.3. The van der Waals surface area contributed by atoms with E-state index in [1.807, 2.05) is 18.2 Å². The molecule has 2 heterocycles. The van der Waals surface area contributed by atoms with E-state index < -0.39 is 0 Å². The van der Waals surface area contributed by atoms with Gasteiger partial charge in [-0.15, -0.1) is 0 Å². The Morgan fingerprint density at radius 3 is 2.00 bits per heavy atom. The van der Waals surface area contributed by atoms with Gasteiger partial charge in [-0.25, -0.2) is 0 Å². The minimum absolute atomic E-state index is 0.835. The molecule has 7 aromatic carbocycles. The van der Waals surface area contributed by atoms with E-state index in [0.29, 0.717) is 0 Å². The summed E-state index contributed by atoms with van der Waals surface area (Å²) >= 11 is 0. The highest BCUT2D eigenvalue weighted by Gasteiger charge is 2.22. The summed E-state index contributed by atoms with van der Waals surface area (Å²) in [5.74, 6) is 3.44. The van der Waals surface area contributed by atoms with Crippen molar-refractivity contribution >= 4 is 21.5 Å². The van der Waals surface area contributed by atoms with Crippen molar-refractivity contribution in [1.82, 2.24) is 0 Å². The number of rotatable bonds is 4. The van der Waals surface area contributed by atoms with Gasteiger partial charge in [-0.05, 0) is 86.4 Å². The number of hydrogen-bond acceptors (Lipinski definition) is 2. The van der Waals surface area contributed by atoms with Crippen LogP contribution in [0.4, 0.5) is 0 Å². The van der Waals surface area contributed by atoms with E-state index in [9.17, 15) is 0 Å². The monoisotopic (exact) mass is 562 g/mol. The maximum atomic E-state index is 6.77. The Morgan fingerprint density at radius 1 is 0.341 bits per heavy atom. The number of para-hydroxylation sites is 1. The largest absolute Gasteiger partial charge is 0.456 e. The fourth-order valence-electron chi connectivity index (χ4n) is 6.62. The van der Waals surface area contributed by atoms with Crippen LogP contribution in [0.25, 0.3) is 77.6 Å². The molecule has 0 aliphatic carbocycles. The molecule has 9 rings (SSSR count). The van der Waals surface area contributed by atoms with Crippen LogP contribution in [0.3, 0.4) is 0 Å². The topological polar surface area (TPSA) is 22.4 Å². The summed E-state index contributed by atoms with van der Waals surface area (Å²) in [6.45, 7) is 0. The Kier molecular flexibility index (Phi) is 5.54. The van der Waals surface area contributed by atoms with E-state index >= 15 is 0 Å². The van der Waals surface area contributed by atoms with Gasteiger partial charge in [-0.1, -0.05) is 115 Å². The average Bonchev–Trinajstić information content (AvgIpc) is 3.59. The lowest BCUT2D eigenvalue weighted by Gasteiger charge is -2.21. The zero-order chi connectivity index (χ0) is 29.0. The van der Waals surface area contributed by atoms with Crippen LogP contribution in [0.2, 0.25) is 0 Å². The number of fused-ring (bicyclic) bond motifs is 3. The van der Waals surface area contributed by atoms with Crippen LogP contribution in [-0.2, 0) is 0 Å². The third-order valence-corrected chi connectivity index (χ3v) is 8.70. The standard InChI is InChI=1S/C42H26O2/c1-2-10-27(11-3-1)29-20-21-34(33-17-8-13-28-12-4-5-15-32(28)33)36(25-29)40-23-22-38(43-40)31-24-30-14-9-19-41-42(30)37(26-31)35-16-6-7-18-39(35)44-41/h1-26H. The minimum Gasteiger partial charge on any atom is -0.456 e. The van der Waals surface area contributed by atoms with Crippen molar-refractivity contribution in [2.24, 2.45) is 0 Å². The zero-order valence-electron chi connectivity index (χ0n) is 23.8. The summed E-state index contributed by atoms with van der Waals surface area (Å²) in [7, 11) is 0. The number of hydrogen-bond donors (Lipinski definition) is 0. The van der Waals surface area contributed by atoms with Crippen molar-refractivity contribution in [3.8, 4) is 67.5 Å². The molecule has 1 aromatic heterocycles. The molecule has 8 aromatic rings. The normalized spacial score (nSPS) is 11.8. The first-order valence-corrected chi connectivity index (χ1v) is 14.9. The summed E-state index contributed by atoms with van der Waals surface area (Å²) in [5, 5.41) is 4.71. The highest BCUT2D eigenvalue weighted by molar-refractivity contribution is 6.06. The van der Waals surface area contributed by atoms with Gasteiger partial charge in [0.25, 0.3) is 0 Å². The fraction of sp³-hybridized carbons (Fsp3) is 0. The molecule has 0 saturated heterocycles. The summed E-state index contributed by atoms with van der Waals surface area (Å²) in [6.07, 6.45) is 0. The first-order chi connectivity index (χ1) is 21.8. The van der Waals surface area contributed by atoms with Crippen LogP contribution >= 0.6 is 0 Å². The summed E-state index contributed by atoms with van der Waals surface area (Å²) in [4.78, 5) is 0. The smallest absolute Gasteiger partial charge is 0.135 e. The molecule has 0 unspecified atom stereocenters. The molecular formula is C42H26O2. The third-order valence-electron chi connectivity index (χ3n) is 8.70.